The first-order valence-electron chi connectivity index (χ1n) is 10.6. The van der Waals surface area contributed by atoms with E-state index >= 15 is 0 Å². The Kier molecular flexibility index (Phi) is 7.08. The Morgan fingerprint density at radius 1 is 0.938 bits per heavy atom. The quantitative estimate of drug-likeness (QED) is 0.242. The second kappa shape index (κ2) is 10.2. The van der Waals surface area contributed by atoms with Gasteiger partial charge >= 0.3 is 0 Å². The van der Waals surface area contributed by atoms with E-state index in [2.05, 4.69) is 31.3 Å². The second-order valence-corrected chi connectivity index (χ2v) is 8.78. The summed E-state index contributed by atoms with van der Waals surface area (Å²) in [5.74, 6) is 0.821. The molecule has 32 heavy (non-hydrogen) atoms. The molecule has 0 spiro atoms. The van der Waals surface area contributed by atoms with Crippen LogP contribution in [0.1, 0.15) is 25.0 Å². The molecule has 0 saturated heterocycles. The SMILES string of the molecule is CCc1cccc(CC)c1NC(=O)CSc1nc(-c2ccccc2)nc2ccc(Cl)cc12. The fourth-order valence-electron chi connectivity index (χ4n) is 3.61. The topological polar surface area (TPSA) is 54.9 Å². The number of benzene rings is 3. The maximum Gasteiger partial charge on any atom is 0.234 e. The molecular formula is C26H24ClN3OS. The molecule has 0 aliphatic rings. The minimum absolute atomic E-state index is 0.0550. The van der Waals surface area contributed by atoms with Crippen molar-refractivity contribution < 1.29 is 4.79 Å². The van der Waals surface area contributed by atoms with Crippen molar-refractivity contribution in [2.45, 2.75) is 31.7 Å². The van der Waals surface area contributed by atoms with Gasteiger partial charge in [-0.25, -0.2) is 9.97 Å². The van der Waals surface area contributed by atoms with Crippen molar-refractivity contribution in [2.75, 3.05) is 11.1 Å². The van der Waals surface area contributed by atoms with Crippen LogP contribution in [0.15, 0.2) is 71.8 Å². The molecule has 4 rings (SSSR count). The smallest absolute Gasteiger partial charge is 0.234 e. The Balaban J connectivity index is 1.62. The number of nitrogens with one attached hydrogen (secondary N) is 1. The van der Waals surface area contributed by atoms with Crippen molar-refractivity contribution in [1.29, 1.82) is 0 Å². The van der Waals surface area contributed by atoms with E-state index in [1.54, 1.807) is 0 Å². The van der Waals surface area contributed by atoms with Crippen LogP contribution in [-0.2, 0) is 17.6 Å². The van der Waals surface area contributed by atoms with Crippen LogP contribution in [-0.4, -0.2) is 21.6 Å². The number of aryl methyl sites for hydroxylation is 2. The van der Waals surface area contributed by atoms with Gasteiger partial charge in [-0.3, -0.25) is 4.79 Å². The lowest BCUT2D eigenvalue weighted by Gasteiger charge is -2.14. The first-order valence-corrected chi connectivity index (χ1v) is 12.0. The van der Waals surface area contributed by atoms with E-state index in [0.29, 0.717) is 10.8 Å². The highest BCUT2D eigenvalue weighted by molar-refractivity contribution is 8.00. The van der Waals surface area contributed by atoms with Gasteiger partial charge in [0.25, 0.3) is 0 Å². The van der Waals surface area contributed by atoms with Gasteiger partial charge in [0.15, 0.2) is 5.82 Å². The summed E-state index contributed by atoms with van der Waals surface area (Å²) in [6.45, 7) is 4.20. The molecule has 0 aliphatic carbocycles. The fraction of sp³-hybridized carbons (Fsp3) is 0.192. The Morgan fingerprint density at radius 3 is 2.34 bits per heavy atom. The Morgan fingerprint density at radius 2 is 1.66 bits per heavy atom. The fourth-order valence-corrected chi connectivity index (χ4v) is 4.59. The Labute approximate surface area is 197 Å². The number of halogens is 1. The van der Waals surface area contributed by atoms with Gasteiger partial charge in [-0.2, -0.15) is 0 Å². The molecule has 0 aliphatic heterocycles. The lowest BCUT2D eigenvalue weighted by atomic mass is 10.0. The molecule has 0 unspecified atom stereocenters. The van der Waals surface area contributed by atoms with Crippen molar-refractivity contribution in [3.8, 4) is 11.4 Å². The molecule has 6 heteroatoms. The van der Waals surface area contributed by atoms with Crippen LogP contribution in [0.4, 0.5) is 5.69 Å². The number of carbonyl (C=O) groups is 1. The summed E-state index contributed by atoms with van der Waals surface area (Å²) < 4.78 is 0. The third kappa shape index (κ3) is 4.95. The highest BCUT2D eigenvalue weighted by Crippen LogP contribution is 2.31. The number of carbonyl (C=O) groups excluding carboxylic acids is 1. The minimum Gasteiger partial charge on any atom is -0.325 e. The molecule has 1 amide bonds. The van der Waals surface area contributed by atoms with E-state index in [4.69, 9.17) is 21.6 Å². The minimum atomic E-state index is -0.0550. The van der Waals surface area contributed by atoms with Crippen molar-refractivity contribution in [3.63, 3.8) is 0 Å². The highest BCUT2D eigenvalue weighted by Gasteiger charge is 2.14. The highest BCUT2D eigenvalue weighted by atomic mass is 35.5. The first kappa shape index (κ1) is 22.3. The number of nitrogens with zero attached hydrogens (tertiary/aromatic N) is 2. The third-order valence-corrected chi connectivity index (χ3v) is 6.48. The average molecular weight is 462 g/mol. The summed E-state index contributed by atoms with van der Waals surface area (Å²) in [5.41, 5.74) is 4.96. The van der Waals surface area contributed by atoms with Crippen molar-refractivity contribution in [1.82, 2.24) is 9.97 Å². The average Bonchev–Trinajstić information content (AvgIpc) is 2.83. The zero-order valence-corrected chi connectivity index (χ0v) is 19.6. The summed E-state index contributed by atoms with van der Waals surface area (Å²) in [6, 6.07) is 21.6. The molecule has 4 aromatic rings. The Hall–Kier alpha value is -2.89. The molecule has 0 fully saturated rings. The molecule has 4 nitrogen and oxygen atoms in total. The van der Waals surface area contributed by atoms with Crippen LogP contribution in [0.5, 0.6) is 0 Å². The number of fused-ring (bicyclic) bond motifs is 1. The number of thioether (sulfide) groups is 1. The van der Waals surface area contributed by atoms with Gasteiger partial charge in [0, 0.05) is 21.7 Å². The normalized spacial score (nSPS) is 11.0. The molecule has 0 radical (unpaired) electrons. The summed E-state index contributed by atoms with van der Waals surface area (Å²) in [4.78, 5) is 22.4. The van der Waals surface area contributed by atoms with Crippen LogP contribution >= 0.6 is 23.4 Å². The van der Waals surface area contributed by atoms with Crippen molar-refractivity contribution in [2.24, 2.45) is 0 Å². The molecule has 1 heterocycles. The lowest BCUT2D eigenvalue weighted by molar-refractivity contribution is -0.113. The van der Waals surface area contributed by atoms with Crippen LogP contribution < -0.4 is 5.32 Å². The molecule has 3 aromatic carbocycles. The molecule has 0 saturated carbocycles. The van der Waals surface area contributed by atoms with Crippen LogP contribution in [0.2, 0.25) is 5.02 Å². The van der Waals surface area contributed by atoms with Gasteiger partial charge in [0.2, 0.25) is 5.91 Å². The molecule has 1 N–H and O–H groups in total. The molecular weight excluding hydrogens is 438 g/mol. The van der Waals surface area contributed by atoms with Gasteiger partial charge < -0.3 is 5.32 Å². The first-order chi connectivity index (χ1) is 15.6. The van der Waals surface area contributed by atoms with Crippen LogP contribution in [0, 0.1) is 0 Å². The number of amides is 1. The Bertz CT molecular complexity index is 1240. The lowest BCUT2D eigenvalue weighted by Crippen LogP contribution is -2.17. The second-order valence-electron chi connectivity index (χ2n) is 7.38. The van der Waals surface area contributed by atoms with E-state index < -0.39 is 0 Å². The number of hydrogen-bond acceptors (Lipinski definition) is 4. The predicted octanol–water partition coefficient (Wildman–Crippen LogP) is 6.81. The summed E-state index contributed by atoms with van der Waals surface area (Å²) in [6.07, 6.45) is 1.73. The number of aromatic nitrogens is 2. The summed E-state index contributed by atoms with van der Waals surface area (Å²) >= 11 is 7.64. The molecule has 0 atom stereocenters. The van der Waals surface area contributed by atoms with E-state index in [9.17, 15) is 4.79 Å². The zero-order valence-electron chi connectivity index (χ0n) is 18.1. The number of rotatable bonds is 7. The summed E-state index contributed by atoms with van der Waals surface area (Å²) in [5, 5.41) is 5.33. The standard InChI is InChI=1S/C26H24ClN3OS/c1-3-17-11-8-12-18(4-2)24(17)29-23(31)16-32-26-21-15-20(27)13-14-22(21)28-25(30-26)19-9-6-5-7-10-19/h5-15H,3-4,16H2,1-2H3,(H,29,31). The molecule has 0 bridgehead atoms. The number of hydrogen-bond donors (Lipinski definition) is 1. The van der Waals surface area contributed by atoms with E-state index in [0.717, 1.165) is 51.1 Å². The van der Waals surface area contributed by atoms with Gasteiger partial charge in [0.1, 0.15) is 5.03 Å². The van der Waals surface area contributed by atoms with E-state index in [1.807, 2.05) is 54.6 Å². The van der Waals surface area contributed by atoms with Crippen LogP contribution in [0.25, 0.3) is 22.3 Å². The zero-order chi connectivity index (χ0) is 22.5. The van der Waals surface area contributed by atoms with Gasteiger partial charge in [-0.15, -0.1) is 0 Å². The summed E-state index contributed by atoms with van der Waals surface area (Å²) in [7, 11) is 0. The third-order valence-electron chi connectivity index (χ3n) is 5.26. The maximum absolute atomic E-state index is 12.9. The van der Waals surface area contributed by atoms with Gasteiger partial charge in [-0.1, -0.05) is 85.7 Å². The number of anilines is 1. The molecule has 162 valence electrons. The monoisotopic (exact) mass is 461 g/mol. The molecule has 1 aromatic heterocycles. The van der Waals surface area contributed by atoms with Crippen LogP contribution in [0.3, 0.4) is 0 Å². The maximum atomic E-state index is 12.9. The van der Waals surface area contributed by atoms with E-state index in [-0.39, 0.29) is 11.7 Å². The largest absolute Gasteiger partial charge is 0.325 e. The van der Waals surface area contributed by atoms with Gasteiger partial charge in [-0.05, 0) is 42.2 Å². The number of para-hydroxylation sites is 1. The van der Waals surface area contributed by atoms with Crippen molar-refractivity contribution >= 4 is 45.9 Å². The van der Waals surface area contributed by atoms with E-state index in [1.165, 1.54) is 11.8 Å². The van der Waals surface area contributed by atoms with Gasteiger partial charge in [0.05, 0.1) is 11.3 Å². The van der Waals surface area contributed by atoms with Crippen molar-refractivity contribution in [3.05, 3.63) is 82.9 Å². The predicted molar refractivity (Wildman–Crippen MR) is 135 cm³/mol.